The molecule has 0 aliphatic rings. The van der Waals surface area contributed by atoms with Gasteiger partial charge in [0, 0.05) is 10.4 Å². The van der Waals surface area contributed by atoms with E-state index in [1.807, 2.05) is 38.1 Å². The molecular weight excluding hydrogens is 260 g/mol. The Morgan fingerprint density at radius 2 is 1.68 bits per heavy atom. The lowest BCUT2D eigenvalue weighted by molar-refractivity contribution is 1.09. The lowest BCUT2D eigenvalue weighted by Crippen LogP contribution is -2.21. The number of hydrogen-bond donors (Lipinski definition) is 2. The maximum absolute atomic E-state index is 12.0. The molecule has 0 amide bonds. The Bertz CT molecular complexity index is 869. The number of benzene rings is 1. The van der Waals surface area contributed by atoms with Crippen molar-refractivity contribution in [3.8, 4) is 11.1 Å². The van der Waals surface area contributed by atoms with E-state index in [1.54, 1.807) is 0 Å². The number of H-pyrrole nitrogens is 2. The van der Waals surface area contributed by atoms with E-state index in [4.69, 9.17) is 0 Å². The minimum absolute atomic E-state index is 0.335. The molecule has 1 aromatic carbocycles. The van der Waals surface area contributed by atoms with E-state index < -0.39 is 5.69 Å². The third-order valence-electron chi connectivity index (χ3n) is 3.11. The second kappa shape index (κ2) is 4.20. The van der Waals surface area contributed by atoms with Crippen LogP contribution in [0.15, 0.2) is 33.9 Å². The molecule has 0 saturated carbocycles. The molecule has 0 aliphatic carbocycles. The van der Waals surface area contributed by atoms with Gasteiger partial charge in [0.25, 0.3) is 5.56 Å². The molecule has 3 aromatic rings. The first-order valence-corrected chi connectivity index (χ1v) is 6.70. The summed E-state index contributed by atoms with van der Waals surface area (Å²) in [5, 5.41) is 0.561. The maximum atomic E-state index is 12.0. The summed E-state index contributed by atoms with van der Waals surface area (Å²) in [5.41, 5.74) is 2.26. The molecule has 0 unspecified atom stereocenters. The lowest BCUT2D eigenvalue weighted by Gasteiger charge is -2.02. The van der Waals surface area contributed by atoms with Gasteiger partial charge in [0.05, 0.1) is 5.39 Å². The molecule has 0 aliphatic heterocycles. The Kier molecular flexibility index (Phi) is 2.64. The molecule has 2 N–H and O–H groups in total. The molecule has 0 saturated heterocycles. The van der Waals surface area contributed by atoms with Crippen LogP contribution < -0.4 is 11.2 Å². The van der Waals surface area contributed by atoms with Crippen LogP contribution in [-0.4, -0.2) is 9.97 Å². The molecule has 0 spiro atoms. The average Bonchev–Trinajstić information content (AvgIpc) is 2.66. The van der Waals surface area contributed by atoms with Crippen molar-refractivity contribution in [3.05, 3.63) is 55.5 Å². The molecule has 0 bridgehead atoms. The zero-order chi connectivity index (χ0) is 13.6. The quantitative estimate of drug-likeness (QED) is 0.715. The van der Waals surface area contributed by atoms with Crippen molar-refractivity contribution >= 4 is 21.6 Å². The van der Waals surface area contributed by atoms with Gasteiger partial charge in [-0.3, -0.25) is 14.8 Å². The smallest absolute Gasteiger partial charge is 0.298 e. The van der Waals surface area contributed by atoms with Crippen LogP contribution in [0, 0.1) is 13.8 Å². The van der Waals surface area contributed by atoms with E-state index in [1.165, 1.54) is 16.9 Å². The van der Waals surface area contributed by atoms with Crippen LogP contribution in [-0.2, 0) is 0 Å². The summed E-state index contributed by atoms with van der Waals surface area (Å²) < 4.78 is 0. The highest BCUT2D eigenvalue weighted by atomic mass is 32.1. The molecule has 0 fully saturated rings. The standard InChI is InChI=1S/C14H12N2O2S/c1-7-3-5-9(6-4-7)10-8(2)19-13-11(10)12(17)15-14(18)16-13/h3-6H,1-2H3,(H2,15,16,17,18). The minimum Gasteiger partial charge on any atom is -0.298 e. The van der Waals surface area contributed by atoms with Gasteiger partial charge >= 0.3 is 5.69 Å². The Morgan fingerprint density at radius 1 is 1.00 bits per heavy atom. The largest absolute Gasteiger partial charge is 0.326 e. The molecule has 5 heteroatoms. The zero-order valence-corrected chi connectivity index (χ0v) is 11.4. The number of thiophene rings is 1. The number of aromatic amines is 2. The fourth-order valence-electron chi connectivity index (χ4n) is 2.22. The molecule has 96 valence electrons. The van der Waals surface area contributed by atoms with Crippen LogP contribution in [0.2, 0.25) is 0 Å². The number of rotatable bonds is 1. The predicted octanol–water partition coefficient (Wildman–Crippen LogP) is 2.56. The first-order valence-electron chi connectivity index (χ1n) is 5.89. The van der Waals surface area contributed by atoms with Crippen molar-refractivity contribution < 1.29 is 0 Å². The number of hydrogen-bond acceptors (Lipinski definition) is 3. The lowest BCUT2D eigenvalue weighted by atomic mass is 10.0. The highest BCUT2D eigenvalue weighted by Crippen LogP contribution is 2.34. The Labute approximate surface area is 112 Å². The highest BCUT2D eigenvalue weighted by Gasteiger charge is 2.15. The topological polar surface area (TPSA) is 65.7 Å². The number of nitrogens with one attached hydrogen (secondary N) is 2. The van der Waals surface area contributed by atoms with Crippen LogP contribution in [0.1, 0.15) is 10.4 Å². The Hall–Kier alpha value is -2.14. The Balaban J connectivity index is 2.41. The second-order valence-electron chi connectivity index (χ2n) is 4.51. The van der Waals surface area contributed by atoms with E-state index in [0.29, 0.717) is 10.2 Å². The van der Waals surface area contributed by atoms with Crippen molar-refractivity contribution in [2.75, 3.05) is 0 Å². The molecule has 0 atom stereocenters. The monoisotopic (exact) mass is 272 g/mol. The predicted molar refractivity (Wildman–Crippen MR) is 78.0 cm³/mol. The fraction of sp³-hybridized carbons (Fsp3) is 0.143. The minimum atomic E-state index is -0.464. The van der Waals surface area contributed by atoms with Crippen molar-refractivity contribution in [2.24, 2.45) is 0 Å². The summed E-state index contributed by atoms with van der Waals surface area (Å²) >= 11 is 1.43. The van der Waals surface area contributed by atoms with E-state index in [2.05, 4.69) is 9.97 Å². The van der Waals surface area contributed by atoms with E-state index in [-0.39, 0.29) is 5.56 Å². The second-order valence-corrected chi connectivity index (χ2v) is 5.74. The van der Waals surface area contributed by atoms with Crippen molar-refractivity contribution in [2.45, 2.75) is 13.8 Å². The molecule has 2 heterocycles. The Morgan fingerprint density at radius 3 is 2.37 bits per heavy atom. The summed E-state index contributed by atoms with van der Waals surface area (Å²) in [4.78, 5) is 29.9. The maximum Gasteiger partial charge on any atom is 0.326 e. The van der Waals surface area contributed by atoms with Crippen LogP contribution in [0.4, 0.5) is 0 Å². The van der Waals surface area contributed by atoms with Gasteiger partial charge in [0.2, 0.25) is 0 Å². The van der Waals surface area contributed by atoms with Crippen LogP contribution in [0.5, 0.6) is 0 Å². The summed E-state index contributed by atoms with van der Waals surface area (Å²) in [6.45, 7) is 3.98. The van der Waals surface area contributed by atoms with Crippen LogP contribution in [0.3, 0.4) is 0 Å². The molecule has 3 rings (SSSR count). The third-order valence-corrected chi connectivity index (χ3v) is 4.13. The van der Waals surface area contributed by atoms with Gasteiger partial charge in [-0.15, -0.1) is 11.3 Å². The van der Waals surface area contributed by atoms with Crippen LogP contribution in [0.25, 0.3) is 21.3 Å². The molecule has 2 aromatic heterocycles. The number of aromatic nitrogens is 2. The molecule has 19 heavy (non-hydrogen) atoms. The molecular formula is C14H12N2O2S. The summed E-state index contributed by atoms with van der Waals surface area (Å²) in [7, 11) is 0. The molecule has 0 radical (unpaired) electrons. The van der Waals surface area contributed by atoms with Gasteiger partial charge in [-0.1, -0.05) is 29.8 Å². The summed E-state index contributed by atoms with van der Waals surface area (Å²) in [5.74, 6) is 0. The molecule has 4 nitrogen and oxygen atoms in total. The zero-order valence-electron chi connectivity index (χ0n) is 10.5. The van der Waals surface area contributed by atoms with Gasteiger partial charge in [0.1, 0.15) is 4.83 Å². The normalized spacial score (nSPS) is 11.1. The average molecular weight is 272 g/mol. The van der Waals surface area contributed by atoms with Crippen molar-refractivity contribution in [1.82, 2.24) is 9.97 Å². The van der Waals surface area contributed by atoms with E-state index in [0.717, 1.165) is 16.0 Å². The van der Waals surface area contributed by atoms with Gasteiger partial charge in [-0.2, -0.15) is 0 Å². The van der Waals surface area contributed by atoms with Gasteiger partial charge < -0.3 is 0 Å². The summed E-state index contributed by atoms with van der Waals surface area (Å²) in [6.07, 6.45) is 0. The van der Waals surface area contributed by atoms with Crippen molar-refractivity contribution in [1.29, 1.82) is 0 Å². The van der Waals surface area contributed by atoms with Gasteiger partial charge in [-0.25, -0.2) is 4.79 Å². The first kappa shape index (κ1) is 11.9. The van der Waals surface area contributed by atoms with Gasteiger partial charge in [0.15, 0.2) is 0 Å². The van der Waals surface area contributed by atoms with Crippen LogP contribution >= 0.6 is 11.3 Å². The third kappa shape index (κ3) is 1.92. The van der Waals surface area contributed by atoms with E-state index in [9.17, 15) is 9.59 Å². The number of aryl methyl sites for hydroxylation is 2. The highest BCUT2D eigenvalue weighted by molar-refractivity contribution is 7.19. The first-order chi connectivity index (χ1) is 9.06. The van der Waals surface area contributed by atoms with Crippen molar-refractivity contribution in [3.63, 3.8) is 0 Å². The summed E-state index contributed by atoms with van der Waals surface area (Å²) in [6, 6.07) is 8.01. The van der Waals surface area contributed by atoms with Gasteiger partial charge in [-0.05, 0) is 19.4 Å². The SMILES string of the molecule is Cc1ccc(-c2c(C)sc3[nH]c(=O)[nH]c(=O)c23)cc1. The van der Waals surface area contributed by atoms with E-state index >= 15 is 0 Å². The fourth-order valence-corrected chi connectivity index (χ4v) is 3.29. The number of fused-ring (bicyclic) bond motifs is 1.